The maximum atomic E-state index is 14.2. The first kappa shape index (κ1) is 43.2. The van der Waals surface area contributed by atoms with Crippen LogP contribution in [0.4, 0.5) is 0 Å². The summed E-state index contributed by atoms with van der Waals surface area (Å²) in [5, 5.41) is 0. The zero-order chi connectivity index (χ0) is 42.1. The van der Waals surface area contributed by atoms with Gasteiger partial charge in [-0.25, -0.2) is 4.79 Å². The van der Waals surface area contributed by atoms with Crippen molar-refractivity contribution in [1.29, 1.82) is 0 Å². The van der Waals surface area contributed by atoms with Crippen LogP contribution in [0.1, 0.15) is 38.2 Å². The lowest BCUT2D eigenvalue weighted by Crippen LogP contribution is -2.67. The van der Waals surface area contributed by atoms with E-state index >= 15 is 0 Å². The smallest absolute Gasteiger partial charge is 0.338 e. The molecule has 0 saturated heterocycles. The van der Waals surface area contributed by atoms with Crippen molar-refractivity contribution in [2.75, 3.05) is 21.0 Å². The van der Waals surface area contributed by atoms with E-state index in [1.165, 1.54) is 0 Å². The number of hydrogen-bond donors (Lipinski definition) is 0. The van der Waals surface area contributed by atoms with Crippen LogP contribution >= 0.6 is 0 Å². The van der Waals surface area contributed by atoms with Crippen LogP contribution in [-0.2, 0) is 66.2 Å². The summed E-state index contributed by atoms with van der Waals surface area (Å²) in [6.45, 7) is 0.928. The summed E-state index contributed by atoms with van der Waals surface area (Å²) in [5.74, 6) is 0.897. The monoisotopic (exact) mass is 824 g/mol. The Balaban J connectivity index is 1.30. The highest BCUT2D eigenvalue weighted by atomic mass is 16.7. The molecule has 1 aliphatic carbocycles. The summed E-state index contributed by atoms with van der Waals surface area (Å²) in [7, 11) is 3.26. The van der Waals surface area contributed by atoms with Crippen LogP contribution in [0, 0.1) is 0 Å². The first-order chi connectivity index (χ1) is 30.1. The van der Waals surface area contributed by atoms with Crippen molar-refractivity contribution in [3.63, 3.8) is 0 Å². The lowest BCUT2D eigenvalue weighted by molar-refractivity contribution is -0.291. The van der Waals surface area contributed by atoms with Gasteiger partial charge in [-0.2, -0.15) is 0 Å². The summed E-state index contributed by atoms with van der Waals surface area (Å²) in [5.41, 5.74) is 5.01. The highest BCUT2D eigenvalue weighted by molar-refractivity contribution is 5.89. The zero-order valence-electron chi connectivity index (χ0n) is 34.5. The number of ether oxygens (including phenoxy) is 9. The number of carbonyl (C=O) groups excluding carboxylic acids is 1. The molecule has 0 N–H and O–H groups in total. The molecule has 0 unspecified atom stereocenters. The number of methoxy groups -OCH3 is 2. The molecule has 1 fully saturated rings. The Labute approximate surface area is 357 Å². The van der Waals surface area contributed by atoms with Gasteiger partial charge in [0.2, 0.25) is 0 Å². The number of rotatable bonds is 21. The fraction of sp³-hybridized carbons (Fsp3) is 0.275. The second-order valence-corrected chi connectivity index (χ2v) is 14.6. The molecular formula is C51H52O10. The molecule has 0 aromatic heterocycles. The van der Waals surface area contributed by atoms with Crippen LogP contribution in [0.3, 0.4) is 0 Å². The molecule has 1 aliphatic rings. The summed E-state index contributed by atoms with van der Waals surface area (Å²) in [6, 6.07) is 53.7. The van der Waals surface area contributed by atoms with Gasteiger partial charge in [0, 0.05) is 0 Å². The first-order valence-corrected chi connectivity index (χ1v) is 20.4. The van der Waals surface area contributed by atoms with Crippen LogP contribution in [0.2, 0.25) is 0 Å². The van der Waals surface area contributed by atoms with E-state index in [-0.39, 0.29) is 33.2 Å². The molecule has 0 aliphatic heterocycles. The van der Waals surface area contributed by atoms with Crippen LogP contribution < -0.4 is 9.47 Å². The second-order valence-electron chi connectivity index (χ2n) is 14.6. The van der Waals surface area contributed by atoms with Gasteiger partial charge >= 0.3 is 5.97 Å². The maximum absolute atomic E-state index is 14.2. The number of benzene rings is 6. The van der Waals surface area contributed by atoms with Gasteiger partial charge in [0.1, 0.15) is 48.8 Å². The van der Waals surface area contributed by atoms with Crippen molar-refractivity contribution in [1.82, 2.24) is 0 Å². The average molecular weight is 825 g/mol. The average Bonchev–Trinajstić information content (AvgIpc) is 3.32. The molecule has 0 radical (unpaired) electrons. The molecule has 61 heavy (non-hydrogen) atoms. The third-order valence-electron chi connectivity index (χ3n) is 10.4. The Morgan fingerprint density at radius 1 is 0.377 bits per heavy atom. The third kappa shape index (κ3) is 12.4. The van der Waals surface area contributed by atoms with Crippen LogP contribution in [0.25, 0.3) is 0 Å². The summed E-state index contributed by atoms with van der Waals surface area (Å²) in [4.78, 5) is 14.2. The molecule has 6 aromatic rings. The van der Waals surface area contributed by atoms with E-state index in [4.69, 9.17) is 42.6 Å². The predicted molar refractivity (Wildman–Crippen MR) is 230 cm³/mol. The van der Waals surface area contributed by atoms with Crippen molar-refractivity contribution >= 4 is 5.97 Å². The predicted octanol–water partition coefficient (Wildman–Crippen LogP) is 9.14. The standard InChI is InChI=1S/C51H52O10/c1-53-43-27-23-40(24-28-43)34-57-46-45(56-32-38-17-9-4-10-18-38)47(58-35-41-25-29-44(54-2)30-26-41)49(60-36-55-31-37-15-7-3-8-16-37)50(61-51(52)42-21-13-6-14-22-42)48(46)59-33-39-19-11-5-12-20-39/h3-30,45-50H,31-36H2,1-2H3/t45-,46-,47+,48+,49+,50-/m0/s1. The molecule has 6 atom stereocenters. The minimum atomic E-state index is -1.06. The van der Waals surface area contributed by atoms with Gasteiger partial charge in [-0.1, -0.05) is 133 Å². The van der Waals surface area contributed by atoms with E-state index in [1.54, 1.807) is 38.5 Å². The molecule has 7 rings (SSSR count). The van der Waals surface area contributed by atoms with Gasteiger partial charge < -0.3 is 42.6 Å². The van der Waals surface area contributed by atoms with Crippen molar-refractivity contribution in [3.8, 4) is 11.5 Å². The minimum Gasteiger partial charge on any atom is -0.497 e. The van der Waals surface area contributed by atoms with E-state index in [2.05, 4.69) is 0 Å². The van der Waals surface area contributed by atoms with Crippen molar-refractivity contribution in [2.45, 2.75) is 69.7 Å². The lowest BCUT2D eigenvalue weighted by atomic mass is 9.83. The van der Waals surface area contributed by atoms with Crippen LogP contribution in [0.15, 0.2) is 170 Å². The Morgan fingerprint density at radius 2 is 0.705 bits per heavy atom. The fourth-order valence-corrected chi connectivity index (χ4v) is 7.19. The quantitative estimate of drug-likeness (QED) is 0.0397. The third-order valence-corrected chi connectivity index (χ3v) is 10.4. The normalized spacial score (nSPS) is 19.8. The molecule has 10 nitrogen and oxygen atoms in total. The van der Waals surface area contributed by atoms with Gasteiger partial charge in [0.05, 0.1) is 52.8 Å². The number of hydrogen-bond acceptors (Lipinski definition) is 10. The maximum Gasteiger partial charge on any atom is 0.338 e. The first-order valence-electron chi connectivity index (χ1n) is 20.4. The second kappa shape index (κ2) is 22.7. The molecule has 316 valence electrons. The Morgan fingerprint density at radius 3 is 1.10 bits per heavy atom. The van der Waals surface area contributed by atoms with Crippen molar-refractivity contribution < 1.29 is 47.4 Å². The topological polar surface area (TPSA) is 100 Å². The highest BCUT2D eigenvalue weighted by Gasteiger charge is 2.56. The molecule has 10 heteroatoms. The minimum absolute atomic E-state index is 0.143. The fourth-order valence-electron chi connectivity index (χ4n) is 7.19. The summed E-state index contributed by atoms with van der Waals surface area (Å²) >= 11 is 0. The van der Waals surface area contributed by atoms with E-state index in [9.17, 15) is 4.79 Å². The summed E-state index contributed by atoms with van der Waals surface area (Å²) < 4.78 is 57.9. The van der Waals surface area contributed by atoms with Crippen molar-refractivity contribution in [3.05, 3.63) is 203 Å². The molecule has 0 spiro atoms. The van der Waals surface area contributed by atoms with E-state index < -0.39 is 42.6 Å². The van der Waals surface area contributed by atoms with Gasteiger partial charge in [0.25, 0.3) is 0 Å². The van der Waals surface area contributed by atoms with Crippen LogP contribution in [-0.4, -0.2) is 63.6 Å². The van der Waals surface area contributed by atoms with E-state index in [1.807, 2.05) is 146 Å². The van der Waals surface area contributed by atoms with Gasteiger partial charge in [-0.3, -0.25) is 0 Å². The Hall–Kier alpha value is -5.85. The number of esters is 1. The van der Waals surface area contributed by atoms with Crippen molar-refractivity contribution in [2.24, 2.45) is 0 Å². The molecule has 0 amide bonds. The molecule has 1 saturated carbocycles. The SMILES string of the molecule is COc1ccc(CO[C@@H]2[C@@H](OCc3ccccc3)[C@H](OCc3ccc(OC)cc3)[C@@H](OCc3ccccc3)[C@H](OC(=O)c3ccccc3)[C@@H]2OCOCc2ccccc2)cc1. The molecular weight excluding hydrogens is 773 g/mol. The van der Waals surface area contributed by atoms with E-state index in [0.29, 0.717) is 12.2 Å². The van der Waals surface area contributed by atoms with Gasteiger partial charge in [0.15, 0.2) is 6.10 Å². The molecule has 0 heterocycles. The molecule has 0 bridgehead atoms. The largest absolute Gasteiger partial charge is 0.497 e. The Kier molecular flexibility index (Phi) is 16.1. The Bertz CT molecular complexity index is 2150. The van der Waals surface area contributed by atoms with Gasteiger partial charge in [-0.15, -0.1) is 0 Å². The van der Waals surface area contributed by atoms with E-state index in [0.717, 1.165) is 39.3 Å². The van der Waals surface area contributed by atoms with Gasteiger partial charge in [-0.05, 0) is 64.2 Å². The zero-order valence-corrected chi connectivity index (χ0v) is 34.5. The highest BCUT2D eigenvalue weighted by Crippen LogP contribution is 2.36. The summed E-state index contributed by atoms with van der Waals surface area (Å²) in [6.07, 6.45) is -5.43. The molecule has 6 aromatic carbocycles. The number of carbonyl (C=O) groups is 1. The lowest BCUT2D eigenvalue weighted by Gasteiger charge is -2.49. The van der Waals surface area contributed by atoms with Crippen LogP contribution in [0.5, 0.6) is 11.5 Å².